The molecule has 0 radical (unpaired) electrons. The minimum Gasteiger partial charge on any atom is -0.309 e. The van der Waals surface area contributed by atoms with Crippen LogP contribution in [0.5, 0.6) is 0 Å². The van der Waals surface area contributed by atoms with Crippen LogP contribution < -0.4 is 0 Å². The molecule has 0 N–H and O–H groups in total. The molecule has 9 aromatic rings. The third-order valence-corrected chi connectivity index (χ3v) is 11.8. The predicted octanol–water partition coefficient (Wildman–Crippen LogP) is 15.7. The van der Waals surface area contributed by atoms with Gasteiger partial charge >= 0.3 is 6.18 Å². The van der Waals surface area contributed by atoms with Crippen LogP contribution in [0.3, 0.4) is 0 Å². The maximum atomic E-state index is 14.7. The average Bonchev–Trinajstić information content (AvgIpc) is 3.71. The standard InChI is InChI=1S/C53H44F3N3/c1-32-14-13-17-43(53(54,55)56)50(32)33-20-25-48(59-46-19-12-10-16-38(46)42-30-35(52(5,6)7)22-27-49(42)59)40(28-33)39-31-36(23-24-44(39)57-8)58-45-18-11-9-15-37(45)41-29-34(51(2,3)4)21-26-47(41)58/h9-31H,1-7H3. The Kier molecular flexibility index (Phi) is 8.68. The molecule has 0 unspecified atom stereocenters. The van der Waals surface area contributed by atoms with E-state index in [2.05, 4.69) is 122 Å². The molecule has 0 fully saturated rings. The Morgan fingerprint density at radius 1 is 0.508 bits per heavy atom. The highest BCUT2D eigenvalue weighted by molar-refractivity contribution is 6.11. The molecular weight excluding hydrogens is 736 g/mol. The first-order valence-electron chi connectivity index (χ1n) is 20.0. The molecule has 9 rings (SSSR count). The summed E-state index contributed by atoms with van der Waals surface area (Å²) in [5.74, 6) is 0. The Morgan fingerprint density at radius 3 is 1.64 bits per heavy atom. The van der Waals surface area contributed by atoms with Crippen molar-refractivity contribution in [3.8, 4) is 33.6 Å². The zero-order valence-corrected chi connectivity index (χ0v) is 34.3. The molecule has 0 saturated carbocycles. The quantitative estimate of drug-likeness (QED) is 0.158. The van der Waals surface area contributed by atoms with Gasteiger partial charge in [0.2, 0.25) is 0 Å². The first-order valence-corrected chi connectivity index (χ1v) is 20.0. The molecule has 0 saturated heterocycles. The zero-order valence-electron chi connectivity index (χ0n) is 34.3. The van der Waals surface area contributed by atoms with Crippen molar-refractivity contribution in [3.05, 3.63) is 173 Å². The lowest BCUT2D eigenvalue weighted by atomic mass is 9.86. The van der Waals surface area contributed by atoms with Crippen LogP contribution in [0, 0.1) is 13.5 Å². The van der Waals surface area contributed by atoms with Crippen LogP contribution in [0.4, 0.5) is 18.9 Å². The molecule has 0 spiro atoms. The highest BCUT2D eigenvalue weighted by Crippen LogP contribution is 2.46. The summed E-state index contributed by atoms with van der Waals surface area (Å²) < 4.78 is 48.6. The van der Waals surface area contributed by atoms with Crippen molar-refractivity contribution in [1.29, 1.82) is 0 Å². The van der Waals surface area contributed by atoms with Crippen LogP contribution in [0.15, 0.2) is 140 Å². The zero-order chi connectivity index (χ0) is 41.6. The van der Waals surface area contributed by atoms with Crippen LogP contribution in [0.1, 0.15) is 63.8 Å². The number of hydrogen-bond donors (Lipinski definition) is 0. The minimum absolute atomic E-state index is 0.0481. The van der Waals surface area contributed by atoms with Crippen LogP contribution in [0.25, 0.3) is 82.1 Å². The number of alkyl halides is 3. The molecule has 7 aromatic carbocycles. The second kappa shape index (κ2) is 13.5. The highest BCUT2D eigenvalue weighted by Gasteiger charge is 2.34. The molecule has 0 amide bonds. The normalized spacial score (nSPS) is 12.6. The summed E-state index contributed by atoms with van der Waals surface area (Å²) >= 11 is 0. The van der Waals surface area contributed by atoms with E-state index < -0.39 is 11.7 Å². The molecule has 0 atom stereocenters. The van der Waals surface area contributed by atoms with Gasteiger partial charge in [0.15, 0.2) is 5.69 Å². The first-order chi connectivity index (χ1) is 28.0. The van der Waals surface area contributed by atoms with E-state index in [4.69, 9.17) is 6.57 Å². The number of benzene rings is 7. The molecule has 2 aromatic heterocycles. The van der Waals surface area contributed by atoms with Crippen molar-refractivity contribution < 1.29 is 13.2 Å². The Bertz CT molecular complexity index is 3190. The van der Waals surface area contributed by atoms with Gasteiger partial charge in [-0.3, -0.25) is 0 Å². The van der Waals surface area contributed by atoms with Crippen molar-refractivity contribution in [1.82, 2.24) is 9.13 Å². The molecule has 292 valence electrons. The Morgan fingerprint density at radius 2 is 1.07 bits per heavy atom. The van der Waals surface area contributed by atoms with E-state index in [0.29, 0.717) is 27.9 Å². The predicted molar refractivity (Wildman–Crippen MR) is 239 cm³/mol. The second-order valence-corrected chi connectivity index (χ2v) is 17.7. The number of para-hydroxylation sites is 2. The van der Waals surface area contributed by atoms with E-state index in [-0.39, 0.29) is 16.4 Å². The summed E-state index contributed by atoms with van der Waals surface area (Å²) in [5.41, 5.74) is 9.98. The van der Waals surface area contributed by atoms with E-state index >= 15 is 0 Å². The number of rotatable bonds is 4. The number of nitrogens with zero attached hydrogens (tertiary/aromatic N) is 3. The topological polar surface area (TPSA) is 14.2 Å². The lowest BCUT2D eigenvalue weighted by Crippen LogP contribution is -2.10. The number of hydrogen-bond acceptors (Lipinski definition) is 0. The number of aryl methyl sites for hydroxylation is 1. The van der Waals surface area contributed by atoms with Gasteiger partial charge in [0.25, 0.3) is 0 Å². The smallest absolute Gasteiger partial charge is 0.309 e. The molecule has 59 heavy (non-hydrogen) atoms. The van der Waals surface area contributed by atoms with Gasteiger partial charge in [0.1, 0.15) is 0 Å². The van der Waals surface area contributed by atoms with Crippen molar-refractivity contribution in [2.24, 2.45) is 0 Å². The third kappa shape index (κ3) is 6.28. The van der Waals surface area contributed by atoms with Gasteiger partial charge in [0.05, 0.1) is 39.9 Å². The number of aromatic nitrogens is 2. The van der Waals surface area contributed by atoms with Crippen LogP contribution in [-0.4, -0.2) is 9.13 Å². The van der Waals surface area contributed by atoms with Gasteiger partial charge in [-0.1, -0.05) is 114 Å². The maximum Gasteiger partial charge on any atom is 0.417 e. The van der Waals surface area contributed by atoms with Gasteiger partial charge in [-0.2, -0.15) is 13.2 Å². The van der Waals surface area contributed by atoms with Crippen molar-refractivity contribution in [2.75, 3.05) is 0 Å². The minimum atomic E-state index is -4.57. The largest absolute Gasteiger partial charge is 0.417 e. The summed E-state index contributed by atoms with van der Waals surface area (Å²) in [4.78, 5) is 4.05. The molecule has 6 heteroatoms. The van der Waals surface area contributed by atoms with E-state index in [9.17, 15) is 13.2 Å². The molecule has 0 bridgehead atoms. The van der Waals surface area contributed by atoms with Gasteiger partial charge in [-0.25, -0.2) is 4.85 Å². The molecule has 2 heterocycles. The van der Waals surface area contributed by atoms with Crippen LogP contribution in [-0.2, 0) is 17.0 Å². The summed E-state index contributed by atoms with van der Waals surface area (Å²) in [6.07, 6.45) is -4.57. The van der Waals surface area contributed by atoms with E-state index in [1.807, 2.05) is 48.5 Å². The lowest BCUT2D eigenvalue weighted by molar-refractivity contribution is -0.137. The Labute approximate surface area is 342 Å². The maximum absolute atomic E-state index is 14.7. The SMILES string of the molecule is [C-]#[N+]c1ccc(-n2c3ccccc3c3cc(C(C)(C)C)ccc32)cc1-c1cc(-c2c(C)cccc2C(F)(F)F)ccc1-n1c2ccccc2c2cc(C(C)(C)C)ccc21. The first kappa shape index (κ1) is 38.0. The van der Waals surface area contributed by atoms with Crippen molar-refractivity contribution in [2.45, 2.75) is 65.5 Å². The highest BCUT2D eigenvalue weighted by atomic mass is 19.4. The molecule has 3 nitrogen and oxygen atoms in total. The fourth-order valence-electron chi connectivity index (χ4n) is 8.78. The average molecular weight is 780 g/mol. The van der Waals surface area contributed by atoms with Gasteiger partial charge in [-0.05, 0) is 123 Å². The van der Waals surface area contributed by atoms with E-state index in [0.717, 1.165) is 61.1 Å². The summed E-state index contributed by atoms with van der Waals surface area (Å²) in [6.45, 7) is 23.4. The molecular formula is C53H44F3N3. The number of fused-ring (bicyclic) bond motifs is 6. The molecule has 0 aliphatic heterocycles. The van der Waals surface area contributed by atoms with Crippen molar-refractivity contribution in [3.63, 3.8) is 0 Å². The Hall–Kier alpha value is -6.58. The lowest BCUT2D eigenvalue weighted by Gasteiger charge is -2.21. The van der Waals surface area contributed by atoms with Gasteiger partial charge < -0.3 is 9.13 Å². The third-order valence-electron chi connectivity index (χ3n) is 11.8. The second-order valence-electron chi connectivity index (χ2n) is 17.7. The van der Waals surface area contributed by atoms with Crippen LogP contribution >= 0.6 is 0 Å². The summed E-state index contributed by atoms with van der Waals surface area (Å²) in [5, 5.41) is 4.40. The monoisotopic (exact) mass is 779 g/mol. The Balaban J connectivity index is 1.38. The van der Waals surface area contributed by atoms with Gasteiger partial charge in [-0.15, -0.1) is 0 Å². The molecule has 0 aliphatic carbocycles. The number of halogens is 3. The van der Waals surface area contributed by atoms with Crippen LogP contribution in [0.2, 0.25) is 0 Å². The summed E-state index contributed by atoms with van der Waals surface area (Å²) in [6, 6.07) is 45.5. The van der Waals surface area contributed by atoms with Crippen molar-refractivity contribution >= 4 is 49.3 Å². The fraction of sp³-hybridized carbons (Fsp3) is 0.189. The van der Waals surface area contributed by atoms with E-state index in [1.54, 1.807) is 19.1 Å². The van der Waals surface area contributed by atoms with E-state index in [1.165, 1.54) is 17.2 Å². The molecule has 0 aliphatic rings. The fourth-order valence-corrected chi connectivity index (χ4v) is 8.78. The van der Waals surface area contributed by atoms with Gasteiger partial charge in [0, 0.05) is 27.2 Å². The summed E-state index contributed by atoms with van der Waals surface area (Å²) in [7, 11) is 0.